The topological polar surface area (TPSA) is 65.0 Å². The fourth-order valence-corrected chi connectivity index (χ4v) is 11.3. The average Bonchev–Trinajstić information content (AvgIpc) is 3.38. The highest BCUT2D eigenvalue weighted by Crippen LogP contribution is 2.44. The lowest BCUT2D eigenvalue weighted by molar-refractivity contribution is -0.146. The summed E-state index contributed by atoms with van der Waals surface area (Å²) < 4.78 is 8.34. The minimum absolute atomic E-state index is 0.0178. The molecular weight excluding hydrogens is 891 g/mol. The normalized spacial score (nSPS) is 14.9. The Balaban J connectivity index is 0.00000228. The summed E-state index contributed by atoms with van der Waals surface area (Å²) in [7, 11) is 3.19. The first kappa shape index (κ1) is 56.4. The van der Waals surface area contributed by atoms with E-state index in [1.165, 1.54) is 60.6 Å². The minimum atomic E-state index is -0.313. The molecule has 0 amide bonds. The van der Waals surface area contributed by atoms with Crippen LogP contribution in [0.25, 0.3) is 10.8 Å². The molecule has 1 saturated carbocycles. The number of rotatable bonds is 18. The summed E-state index contributed by atoms with van der Waals surface area (Å²) in [6.07, 6.45) is 4.76. The monoisotopic (exact) mass is 976 g/mol. The first-order chi connectivity index (χ1) is 34.2. The average molecular weight is 976 g/mol. The Morgan fingerprint density at radius 3 is 1.66 bits per heavy atom. The van der Waals surface area contributed by atoms with Gasteiger partial charge >= 0.3 is 5.97 Å². The predicted molar refractivity (Wildman–Crippen MR) is 309 cm³/mol. The molecule has 6 aromatic rings. The number of aliphatic hydroxyl groups is 1. The zero-order chi connectivity index (χ0) is 51.9. The van der Waals surface area contributed by atoms with Crippen LogP contribution in [0.4, 0.5) is 22.7 Å². The summed E-state index contributed by atoms with van der Waals surface area (Å²) in [6, 6.07) is 45.7. The number of benzene rings is 6. The van der Waals surface area contributed by atoms with Gasteiger partial charge in [-0.2, -0.15) is 0 Å². The number of esters is 1. The maximum Gasteiger partial charge on any atom is 0.333 e. The molecule has 0 aromatic heterocycles. The Morgan fingerprint density at radius 2 is 1.15 bits per heavy atom. The van der Waals surface area contributed by atoms with E-state index in [-0.39, 0.29) is 24.0 Å². The van der Waals surface area contributed by atoms with Crippen molar-refractivity contribution in [1.82, 2.24) is 0 Å². The van der Waals surface area contributed by atoms with Crippen molar-refractivity contribution in [2.45, 2.75) is 162 Å². The third kappa shape index (κ3) is 13.5. The number of para-hydroxylation sites is 1. The van der Waals surface area contributed by atoms with Gasteiger partial charge in [0.2, 0.25) is 0 Å². The van der Waals surface area contributed by atoms with Crippen LogP contribution in [0.2, 0.25) is 0 Å². The van der Waals surface area contributed by atoms with Crippen molar-refractivity contribution >= 4 is 51.4 Å². The maximum absolute atomic E-state index is 12.7. The number of ether oxygens (including phenoxy) is 1. The zero-order valence-electron chi connectivity index (χ0n) is 45.6. The van der Waals surface area contributed by atoms with E-state index < -0.39 is 0 Å². The van der Waals surface area contributed by atoms with Gasteiger partial charge in [0.15, 0.2) is 0 Å². The minimum Gasteiger partial charge on any atom is -0.457 e. The van der Waals surface area contributed by atoms with Gasteiger partial charge in [0, 0.05) is 65.2 Å². The molecule has 3 unspecified atom stereocenters. The highest BCUT2D eigenvalue weighted by Gasteiger charge is 2.30. The number of anilines is 4. The molecule has 1 fully saturated rings. The Bertz CT molecular complexity index is 2580. The molecule has 6 aromatic carbocycles. The van der Waals surface area contributed by atoms with Crippen LogP contribution in [0.1, 0.15) is 184 Å². The largest absolute Gasteiger partial charge is 0.457 e. The van der Waals surface area contributed by atoms with Crippen molar-refractivity contribution in [1.29, 1.82) is 0 Å². The van der Waals surface area contributed by atoms with Gasteiger partial charge in [-0.1, -0.05) is 180 Å². The molecule has 0 radical (unpaired) electrons. The van der Waals surface area contributed by atoms with Gasteiger partial charge < -0.3 is 24.4 Å². The molecule has 2 N–H and O–H groups in total. The molecule has 0 aliphatic heterocycles. The van der Waals surface area contributed by atoms with Gasteiger partial charge in [-0.25, -0.2) is 4.79 Å². The van der Waals surface area contributed by atoms with Crippen LogP contribution < -0.4 is 14.5 Å². The zero-order valence-corrected chi connectivity index (χ0v) is 46.4. The first-order valence-electron chi connectivity index (χ1n) is 26.4. The van der Waals surface area contributed by atoms with E-state index in [0.29, 0.717) is 29.2 Å². The molecule has 6 nitrogen and oxygen atoms in total. The van der Waals surface area contributed by atoms with Gasteiger partial charge in [-0.15, -0.1) is 0 Å². The number of nitrogens with zero attached hydrogens (tertiary/aromatic N) is 2. The summed E-state index contributed by atoms with van der Waals surface area (Å²) >= 11 is 1.84. The summed E-state index contributed by atoms with van der Waals surface area (Å²) in [5.41, 5.74) is 14.6. The molecule has 71 heavy (non-hydrogen) atoms. The van der Waals surface area contributed by atoms with Crippen LogP contribution in [-0.2, 0) is 9.53 Å². The number of hydrogen-bond donors (Lipinski definition) is 2. The van der Waals surface area contributed by atoms with Crippen molar-refractivity contribution in [2.24, 2.45) is 0 Å². The fraction of sp³-hybridized carbons (Fsp3) is 0.422. The molecular formula is C64H85N3O3S. The first-order valence-corrected chi connectivity index (χ1v) is 27.2. The van der Waals surface area contributed by atoms with Crippen molar-refractivity contribution < 1.29 is 14.6 Å². The Kier molecular flexibility index (Phi) is 21.3. The van der Waals surface area contributed by atoms with E-state index >= 15 is 0 Å². The number of fused-ring (bicyclic) bond motifs is 1. The Morgan fingerprint density at radius 1 is 0.662 bits per heavy atom. The molecule has 0 heterocycles. The lowest BCUT2D eigenvalue weighted by Gasteiger charge is -2.33. The smallest absolute Gasteiger partial charge is 0.333 e. The van der Waals surface area contributed by atoms with Gasteiger partial charge in [0.25, 0.3) is 0 Å². The van der Waals surface area contributed by atoms with E-state index in [0.717, 1.165) is 62.5 Å². The summed E-state index contributed by atoms with van der Waals surface area (Å²) in [5, 5.41) is 13.2. The number of nitrogens with one attached hydrogen (secondary N) is 1. The van der Waals surface area contributed by atoms with Crippen LogP contribution in [0.3, 0.4) is 0 Å². The second kappa shape index (κ2) is 26.8. The molecule has 380 valence electrons. The van der Waals surface area contributed by atoms with Crippen molar-refractivity contribution in [2.75, 3.05) is 35.2 Å². The highest BCUT2D eigenvalue weighted by molar-refractivity contribution is 8.00. The van der Waals surface area contributed by atoms with Crippen molar-refractivity contribution in [3.63, 3.8) is 0 Å². The Hall–Kier alpha value is -5.50. The van der Waals surface area contributed by atoms with E-state index in [2.05, 4.69) is 212 Å². The summed E-state index contributed by atoms with van der Waals surface area (Å²) in [5.74, 6) is 1.31. The van der Waals surface area contributed by atoms with Gasteiger partial charge in [0.1, 0.15) is 6.10 Å². The van der Waals surface area contributed by atoms with E-state index in [9.17, 15) is 4.79 Å². The van der Waals surface area contributed by atoms with Gasteiger partial charge in [-0.05, 0) is 143 Å². The standard InChI is InChI=1S/C61H75N3O2S.C2H6.CH4O/c1-13-38-64(59-48(39(2)3)22-18-23-49(59)40(4)5)47-34-30-45(31-35-47)58(44-28-32-46(33-29-44)63(12)67-60-50(41(6)7)24-19-25-51(60)42(8)9)54-36-37-55(53-21-15-14-20-52(53)54)62-56-26-16-17-27-57(56)66-61(65)43(10)11;2*1-2/h14-15,18-25,28-37,39-42,56-58,62H,10,13,16-17,26-27,38H2,1-9,11-12H3;1-2H3;2H,1H3. The molecule has 0 bridgehead atoms. The van der Waals surface area contributed by atoms with Gasteiger partial charge in [-0.3, -0.25) is 0 Å². The predicted octanol–water partition coefficient (Wildman–Crippen LogP) is 17.7. The molecule has 7 rings (SSSR count). The van der Waals surface area contributed by atoms with Crippen molar-refractivity contribution in [3.8, 4) is 0 Å². The molecule has 3 atom stereocenters. The molecule has 1 aliphatic carbocycles. The summed E-state index contributed by atoms with van der Waals surface area (Å²) in [4.78, 5) is 16.6. The van der Waals surface area contributed by atoms with E-state index in [4.69, 9.17) is 9.84 Å². The SMILES string of the molecule is C=C(C)C(=O)OC1CCCCC1Nc1ccc(C(c2ccc(N(C)Sc3c(C(C)C)cccc3C(C)C)cc2)c2ccc(N(CCC)c3c(C(C)C)cccc3C(C)C)cc2)c2ccccc12.CC.CO. The Labute approximate surface area is 433 Å². The lowest BCUT2D eigenvalue weighted by Crippen LogP contribution is -2.40. The summed E-state index contributed by atoms with van der Waals surface area (Å²) in [6.45, 7) is 31.2. The second-order valence-electron chi connectivity index (χ2n) is 20.0. The third-order valence-electron chi connectivity index (χ3n) is 13.7. The third-order valence-corrected chi connectivity index (χ3v) is 14.8. The molecule has 1 aliphatic rings. The number of hydrogen-bond acceptors (Lipinski definition) is 7. The fourth-order valence-electron chi connectivity index (χ4n) is 10.0. The van der Waals surface area contributed by atoms with Crippen LogP contribution in [-0.4, -0.2) is 43.9 Å². The van der Waals surface area contributed by atoms with Crippen molar-refractivity contribution in [3.05, 3.63) is 172 Å². The van der Waals surface area contributed by atoms with Crippen LogP contribution in [0.5, 0.6) is 0 Å². The molecule has 0 saturated heterocycles. The van der Waals surface area contributed by atoms with E-state index in [1.807, 2.05) is 25.8 Å². The molecule has 7 heteroatoms. The quantitative estimate of drug-likeness (QED) is 0.0385. The maximum atomic E-state index is 12.7. The molecule has 0 spiro atoms. The van der Waals surface area contributed by atoms with Crippen LogP contribution >= 0.6 is 11.9 Å². The lowest BCUT2D eigenvalue weighted by atomic mass is 9.82. The number of aliphatic hydroxyl groups excluding tert-OH is 1. The van der Waals surface area contributed by atoms with Gasteiger partial charge in [0.05, 0.1) is 6.04 Å². The van der Waals surface area contributed by atoms with E-state index in [1.54, 1.807) is 6.92 Å². The van der Waals surface area contributed by atoms with Crippen LogP contribution in [0.15, 0.2) is 138 Å². The van der Waals surface area contributed by atoms with Crippen LogP contribution in [0, 0.1) is 0 Å². The number of carbonyl (C=O) groups excluding carboxylic acids is 1. The second-order valence-corrected chi connectivity index (χ2v) is 21.2. The number of carbonyl (C=O) groups is 1. The highest BCUT2D eigenvalue weighted by atomic mass is 32.2.